The van der Waals surface area contributed by atoms with E-state index < -0.39 is 8.32 Å². The number of allylic oxidation sites excluding steroid dienone is 1. The molecule has 0 bridgehead atoms. The van der Waals surface area contributed by atoms with Gasteiger partial charge in [-0.3, -0.25) is 0 Å². The zero-order valence-corrected chi connectivity index (χ0v) is 14.7. The Morgan fingerprint density at radius 2 is 2.10 bits per heavy atom. The van der Waals surface area contributed by atoms with Gasteiger partial charge in [0, 0.05) is 17.8 Å². The minimum absolute atomic E-state index is 0.231. The second-order valence-corrected chi connectivity index (χ2v) is 11.7. The van der Waals surface area contributed by atoms with Gasteiger partial charge in [-0.1, -0.05) is 20.8 Å². The molecule has 0 spiro atoms. The Morgan fingerprint density at radius 3 is 2.65 bits per heavy atom. The fourth-order valence-electron chi connectivity index (χ4n) is 1.83. The molecule has 116 valence electrons. The average molecular weight is 299 g/mol. The first-order valence-electron chi connectivity index (χ1n) is 7.43. The van der Waals surface area contributed by atoms with Crippen LogP contribution < -0.4 is 5.32 Å². The normalized spacial score (nSPS) is 21.9. The lowest BCUT2D eigenvalue weighted by Gasteiger charge is -2.37. The molecule has 0 radical (unpaired) electrons. The second kappa shape index (κ2) is 6.76. The van der Waals surface area contributed by atoms with Gasteiger partial charge in [0.2, 0.25) is 0 Å². The summed E-state index contributed by atoms with van der Waals surface area (Å²) in [6, 6.07) is 0.310. The Morgan fingerprint density at radius 1 is 1.45 bits per heavy atom. The third-order valence-corrected chi connectivity index (χ3v) is 8.68. The highest BCUT2D eigenvalue weighted by Crippen LogP contribution is 2.36. The van der Waals surface area contributed by atoms with E-state index in [0.717, 1.165) is 25.1 Å². The summed E-state index contributed by atoms with van der Waals surface area (Å²) in [5.41, 5.74) is 0.965. The van der Waals surface area contributed by atoms with E-state index in [-0.39, 0.29) is 11.0 Å². The van der Waals surface area contributed by atoms with Gasteiger partial charge in [0.05, 0.1) is 13.2 Å². The van der Waals surface area contributed by atoms with E-state index in [4.69, 9.17) is 9.16 Å². The lowest BCUT2D eigenvalue weighted by atomic mass is 10.2. The van der Waals surface area contributed by atoms with Crippen LogP contribution in [0.5, 0.6) is 0 Å². The number of carbonyl (C=O) groups is 1. The number of esters is 1. The molecular weight excluding hydrogens is 270 g/mol. The Balaban J connectivity index is 2.44. The van der Waals surface area contributed by atoms with Crippen LogP contribution in [0.2, 0.25) is 18.1 Å². The number of hydrogen-bond donors (Lipinski definition) is 1. The van der Waals surface area contributed by atoms with Crippen LogP contribution in [-0.4, -0.2) is 33.5 Å². The molecule has 1 rings (SSSR count). The number of carbonyl (C=O) groups excluding carboxylic acids is 1. The molecule has 1 N–H and O–H groups in total. The maximum absolute atomic E-state index is 11.4. The first-order chi connectivity index (χ1) is 9.15. The largest absolute Gasteiger partial charge is 0.463 e. The minimum atomic E-state index is -1.69. The lowest BCUT2D eigenvalue weighted by Crippen LogP contribution is -2.43. The summed E-state index contributed by atoms with van der Waals surface area (Å²) in [4.78, 5) is 11.4. The van der Waals surface area contributed by atoms with Crippen LogP contribution >= 0.6 is 0 Å². The molecule has 0 aromatic heterocycles. The van der Waals surface area contributed by atoms with Gasteiger partial charge in [-0.15, -0.1) is 0 Å². The summed E-state index contributed by atoms with van der Waals surface area (Å²) >= 11 is 0. The van der Waals surface area contributed by atoms with E-state index >= 15 is 0 Å². The van der Waals surface area contributed by atoms with Crippen molar-refractivity contribution in [2.45, 2.75) is 64.7 Å². The molecule has 1 atom stereocenters. The number of nitrogens with one attached hydrogen (secondary N) is 1. The van der Waals surface area contributed by atoms with Crippen LogP contribution in [0.25, 0.3) is 0 Å². The van der Waals surface area contributed by atoms with E-state index in [2.05, 4.69) is 39.2 Å². The van der Waals surface area contributed by atoms with E-state index in [1.165, 1.54) is 0 Å². The SMILES string of the molecule is CCOC(=O)/C=C1/CC[C@@H](CO[Si](C)(C)C(C)(C)C)N1. The summed E-state index contributed by atoms with van der Waals surface area (Å²) < 4.78 is 11.1. The molecule has 0 saturated carbocycles. The van der Waals surface area contributed by atoms with Crippen LogP contribution in [0, 0.1) is 0 Å². The fourth-order valence-corrected chi connectivity index (χ4v) is 2.88. The Bertz CT molecular complexity index is 372. The van der Waals surface area contributed by atoms with Crippen molar-refractivity contribution in [1.29, 1.82) is 0 Å². The topological polar surface area (TPSA) is 47.6 Å². The van der Waals surface area contributed by atoms with Crippen LogP contribution in [0.15, 0.2) is 11.8 Å². The van der Waals surface area contributed by atoms with Crippen molar-refractivity contribution in [1.82, 2.24) is 5.32 Å². The first kappa shape index (κ1) is 17.2. The smallest absolute Gasteiger partial charge is 0.332 e. The van der Waals surface area contributed by atoms with Crippen molar-refractivity contribution in [3.8, 4) is 0 Å². The molecule has 1 heterocycles. The molecule has 20 heavy (non-hydrogen) atoms. The average Bonchev–Trinajstić information content (AvgIpc) is 2.73. The van der Waals surface area contributed by atoms with Gasteiger partial charge >= 0.3 is 5.97 Å². The van der Waals surface area contributed by atoms with Gasteiger partial charge in [-0.05, 0) is 37.9 Å². The van der Waals surface area contributed by atoms with Crippen molar-refractivity contribution in [3.05, 3.63) is 11.8 Å². The fraction of sp³-hybridized carbons (Fsp3) is 0.800. The highest BCUT2D eigenvalue weighted by molar-refractivity contribution is 6.74. The maximum Gasteiger partial charge on any atom is 0.332 e. The summed E-state index contributed by atoms with van der Waals surface area (Å²) in [5, 5.41) is 3.59. The van der Waals surface area contributed by atoms with Crippen LogP contribution in [0.1, 0.15) is 40.5 Å². The lowest BCUT2D eigenvalue weighted by molar-refractivity contribution is -0.137. The third-order valence-electron chi connectivity index (χ3n) is 4.18. The molecule has 0 aromatic rings. The van der Waals surface area contributed by atoms with E-state index in [1.807, 2.05) is 6.92 Å². The Labute approximate surface area is 124 Å². The molecule has 0 unspecified atom stereocenters. The summed E-state index contributed by atoms with van der Waals surface area (Å²) in [6.07, 6.45) is 3.47. The van der Waals surface area contributed by atoms with Crippen molar-refractivity contribution in [3.63, 3.8) is 0 Å². The first-order valence-corrected chi connectivity index (χ1v) is 10.3. The van der Waals surface area contributed by atoms with Gasteiger partial charge in [0.15, 0.2) is 8.32 Å². The molecule has 5 heteroatoms. The van der Waals surface area contributed by atoms with Gasteiger partial charge in [0.25, 0.3) is 0 Å². The maximum atomic E-state index is 11.4. The Hall–Kier alpha value is -0.813. The summed E-state index contributed by atoms with van der Waals surface area (Å²) in [6.45, 7) is 14.2. The standard InChI is InChI=1S/C15H29NO3Si/c1-7-18-14(17)10-12-8-9-13(16-12)11-19-20(5,6)15(2,3)4/h10,13,16H,7-9,11H2,1-6H3/b12-10-/t13-/m0/s1. The van der Waals surface area contributed by atoms with E-state index in [9.17, 15) is 4.79 Å². The molecule has 1 saturated heterocycles. The molecule has 0 aromatic carbocycles. The molecule has 0 amide bonds. The predicted octanol–water partition coefficient (Wildman–Crippen LogP) is 3.21. The van der Waals surface area contributed by atoms with E-state index in [1.54, 1.807) is 6.08 Å². The molecule has 1 fully saturated rings. The highest BCUT2D eigenvalue weighted by atomic mass is 28.4. The monoisotopic (exact) mass is 299 g/mol. The molecule has 1 aliphatic heterocycles. The predicted molar refractivity (Wildman–Crippen MR) is 84.0 cm³/mol. The Kier molecular flexibility index (Phi) is 5.83. The van der Waals surface area contributed by atoms with Crippen molar-refractivity contribution in [2.75, 3.05) is 13.2 Å². The zero-order chi connectivity index (χ0) is 15.4. The number of hydrogen-bond acceptors (Lipinski definition) is 4. The number of rotatable bonds is 5. The second-order valence-electron chi connectivity index (χ2n) is 6.87. The third kappa shape index (κ3) is 4.94. The van der Waals surface area contributed by atoms with Gasteiger partial charge in [-0.2, -0.15) is 0 Å². The quantitative estimate of drug-likeness (QED) is 0.481. The summed E-state index contributed by atoms with van der Waals surface area (Å²) in [7, 11) is -1.69. The van der Waals surface area contributed by atoms with Crippen LogP contribution in [0.3, 0.4) is 0 Å². The highest BCUT2D eigenvalue weighted by Gasteiger charge is 2.37. The van der Waals surface area contributed by atoms with Crippen molar-refractivity contribution in [2.24, 2.45) is 0 Å². The van der Waals surface area contributed by atoms with Crippen molar-refractivity contribution < 1.29 is 14.0 Å². The van der Waals surface area contributed by atoms with Crippen LogP contribution in [-0.2, 0) is 14.0 Å². The van der Waals surface area contributed by atoms with E-state index in [0.29, 0.717) is 12.6 Å². The van der Waals surface area contributed by atoms with Crippen molar-refractivity contribution >= 4 is 14.3 Å². The molecular formula is C15H29NO3Si. The molecule has 1 aliphatic rings. The summed E-state index contributed by atoms with van der Waals surface area (Å²) in [5.74, 6) is -0.263. The minimum Gasteiger partial charge on any atom is -0.463 e. The van der Waals surface area contributed by atoms with Gasteiger partial charge in [-0.25, -0.2) is 4.79 Å². The molecule has 0 aliphatic carbocycles. The van der Waals surface area contributed by atoms with Gasteiger partial charge in [0.1, 0.15) is 0 Å². The zero-order valence-electron chi connectivity index (χ0n) is 13.7. The van der Waals surface area contributed by atoms with Gasteiger partial charge < -0.3 is 14.5 Å². The molecule has 4 nitrogen and oxygen atoms in total. The van der Waals surface area contributed by atoms with Crippen LogP contribution in [0.4, 0.5) is 0 Å². The number of ether oxygens (including phenoxy) is 1.